The normalized spacial score (nSPS) is 12.0. The molecule has 2 aromatic rings. The predicted octanol–water partition coefficient (Wildman–Crippen LogP) is 3.24. The van der Waals surface area contributed by atoms with Crippen molar-refractivity contribution < 1.29 is 4.42 Å². The first kappa shape index (κ1) is 13.0. The van der Waals surface area contributed by atoms with Crippen molar-refractivity contribution in [3.63, 3.8) is 0 Å². The zero-order valence-corrected chi connectivity index (χ0v) is 11.4. The van der Waals surface area contributed by atoms with Gasteiger partial charge in [-0.25, -0.2) is 0 Å². The van der Waals surface area contributed by atoms with E-state index in [0.717, 1.165) is 24.2 Å². The molecule has 0 unspecified atom stereocenters. The van der Waals surface area contributed by atoms with E-state index < -0.39 is 0 Å². The Kier molecular flexibility index (Phi) is 3.62. The summed E-state index contributed by atoms with van der Waals surface area (Å²) in [5, 5.41) is 1.17. The summed E-state index contributed by atoms with van der Waals surface area (Å²) in [6.07, 6.45) is 2.90. The van der Waals surface area contributed by atoms with E-state index in [2.05, 4.69) is 31.9 Å². The fraction of sp³-hybridized carbons (Fsp3) is 0.467. The molecule has 0 amide bonds. The van der Waals surface area contributed by atoms with E-state index in [0.29, 0.717) is 6.54 Å². The quantitative estimate of drug-likeness (QED) is 0.880. The number of rotatable bonds is 5. The standard InChI is InChI=1S/C15H22N2O/c1-15(2,11-16)8-9-17(3)13-10-18-14-7-5-4-6-12(13)14/h4-7,10H,8-9,11,16H2,1-3H3. The number of nitrogens with zero attached hydrogens (tertiary/aromatic N) is 1. The first-order valence-corrected chi connectivity index (χ1v) is 6.41. The molecule has 2 rings (SSSR count). The lowest BCUT2D eigenvalue weighted by molar-refractivity contribution is 0.351. The average Bonchev–Trinajstić information content (AvgIpc) is 2.80. The van der Waals surface area contributed by atoms with Crippen LogP contribution in [0.1, 0.15) is 20.3 Å². The van der Waals surface area contributed by atoms with E-state index >= 15 is 0 Å². The summed E-state index contributed by atoms with van der Waals surface area (Å²) < 4.78 is 5.56. The summed E-state index contributed by atoms with van der Waals surface area (Å²) in [6, 6.07) is 8.13. The van der Waals surface area contributed by atoms with Crippen molar-refractivity contribution in [3.05, 3.63) is 30.5 Å². The summed E-state index contributed by atoms with van der Waals surface area (Å²) in [6.45, 7) is 6.10. The Hall–Kier alpha value is -1.48. The molecule has 2 N–H and O–H groups in total. The van der Waals surface area contributed by atoms with Crippen LogP contribution < -0.4 is 10.6 Å². The highest BCUT2D eigenvalue weighted by atomic mass is 16.3. The highest BCUT2D eigenvalue weighted by molar-refractivity contribution is 5.90. The average molecular weight is 246 g/mol. The molecular formula is C15H22N2O. The van der Waals surface area contributed by atoms with Gasteiger partial charge in [-0.2, -0.15) is 0 Å². The van der Waals surface area contributed by atoms with Crippen molar-refractivity contribution in [3.8, 4) is 0 Å². The second-order valence-electron chi connectivity index (χ2n) is 5.66. The van der Waals surface area contributed by atoms with Crippen LogP contribution in [0.2, 0.25) is 0 Å². The van der Waals surface area contributed by atoms with Gasteiger partial charge in [-0.05, 0) is 30.5 Å². The molecule has 98 valence electrons. The van der Waals surface area contributed by atoms with E-state index in [1.54, 1.807) is 0 Å². The van der Waals surface area contributed by atoms with E-state index in [9.17, 15) is 0 Å². The van der Waals surface area contributed by atoms with Crippen LogP contribution >= 0.6 is 0 Å². The number of anilines is 1. The third-order valence-corrected chi connectivity index (χ3v) is 3.55. The van der Waals surface area contributed by atoms with Gasteiger partial charge in [-0.3, -0.25) is 0 Å². The van der Waals surface area contributed by atoms with Crippen LogP contribution in [0.3, 0.4) is 0 Å². The molecule has 0 saturated heterocycles. The van der Waals surface area contributed by atoms with Gasteiger partial charge in [0, 0.05) is 19.0 Å². The Bertz CT molecular complexity index is 516. The third kappa shape index (κ3) is 2.67. The van der Waals surface area contributed by atoms with Gasteiger partial charge in [0.1, 0.15) is 11.8 Å². The van der Waals surface area contributed by atoms with E-state index in [1.165, 1.54) is 5.39 Å². The Morgan fingerprint density at radius 2 is 2.00 bits per heavy atom. The molecule has 0 aliphatic carbocycles. The van der Waals surface area contributed by atoms with Crippen LogP contribution in [0.15, 0.2) is 34.9 Å². The second-order valence-corrected chi connectivity index (χ2v) is 5.66. The molecule has 0 fully saturated rings. The molecule has 0 radical (unpaired) electrons. The highest BCUT2D eigenvalue weighted by Gasteiger charge is 2.17. The molecular weight excluding hydrogens is 224 g/mol. The Morgan fingerprint density at radius 1 is 1.28 bits per heavy atom. The van der Waals surface area contributed by atoms with Gasteiger partial charge >= 0.3 is 0 Å². The summed E-state index contributed by atoms with van der Waals surface area (Å²) in [7, 11) is 2.10. The van der Waals surface area contributed by atoms with Gasteiger partial charge in [0.05, 0.1) is 5.69 Å². The van der Waals surface area contributed by atoms with Crippen molar-refractivity contribution in [2.75, 3.05) is 25.0 Å². The van der Waals surface area contributed by atoms with Gasteiger partial charge < -0.3 is 15.1 Å². The van der Waals surface area contributed by atoms with Crippen molar-refractivity contribution in [2.24, 2.45) is 11.1 Å². The molecule has 1 heterocycles. The lowest BCUT2D eigenvalue weighted by Crippen LogP contribution is -2.29. The number of fused-ring (bicyclic) bond motifs is 1. The molecule has 3 nitrogen and oxygen atoms in total. The smallest absolute Gasteiger partial charge is 0.136 e. The zero-order valence-electron chi connectivity index (χ0n) is 11.4. The van der Waals surface area contributed by atoms with Gasteiger partial charge in [0.2, 0.25) is 0 Å². The lowest BCUT2D eigenvalue weighted by atomic mass is 9.89. The van der Waals surface area contributed by atoms with Crippen molar-refractivity contribution >= 4 is 16.7 Å². The maximum Gasteiger partial charge on any atom is 0.136 e. The maximum absolute atomic E-state index is 5.76. The first-order valence-electron chi connectivity index (χ1n) is 6.41. The van der Waals surface area contributed by atoms with Crippen LogP contribution in [0.25, 0.3) is 11.0 Å². The fourth-order valence-corrected chi connectivity index (χ4v) is 1.95. The predicted molar refractivity (Wildman–Crippen MR) is 76.9 cm³/mol. The largest absolute Gasteiger partial charge is 0.462 e. The fourth-order valence-electron chi connectivity index (χ4n) is 1.95. The monoisotopic (exact) mass is 246 g/mol. The highest BCUT2D eigenvalue weighted by Crippen LogP contribution is 2.29. The number of benzene rings is 1. The van der Waals surface area contributed by atoms with E-state index in [-0.39, 0.29) is 5.41 Å². The molecule has 18 heavy (non-hydrogen) atoms. The summed E-state index contributed by atoms with van der Waals surface area (Å²) >= 11 is 0. The third-order valence-electron chi connectivity index (χ3n) is 3.55. The van der Waals surface area contributed by atoms with Crippen LogP contribution in [0.5, 0.6) is 0 Å². The lowest BCUT2D eigenvalue weighted by Gasteiger charge is -2.26. The van der Waals surface area contributed by atoms with Crippen LogP contribution in [-0.2, 0) is 0 Å². The summed E-state index contributed by atoms with van der Waals surface area (Å²) in [5.41, 5.74) is 8.05. The maximum atomic E-state index is 5.76. The molecule has 0 atom stereocenters. The molecule has 0 bridgehead atoms. The summed E-state index contributed by atoms with van der Waals surface area (Å²) in [4.78, 5) is 2.24. The first-order chi connectivity index (χ1) is 8.53. The number of para-hydroxylation sites is 1. The molecule has 0 saturated carbocycles. The molecule has 0 spiro atoms. The van der Waals surface area contributed by atoms with Gasteiger partial charge in [0.25, 0.3) is 0 Å². The minimum atomic E-state index is 0.188. The number of furan rings is 1. The molecule has 0 aliphatic rings. The second kappa shape index (κ2) is 5.02. The Labute approximate surface area is 109 Å². The number of hydrogen-bond acceptors (Lipinski definition) is 3. The summed E-state index contributed by atoms with van der Waals surface area (Å²) in [5.74, 6) is 0. The van der Waals surface area contributed by atoms with Gasteiger partial charge in [0.15, 0.2) is 0 Å². The van der Waals surface area contributed by atoms with Crippen LogP contribution in [-0.4, -0.2) is 20.1 Å². The SMILES string of the molecule is CN(CCC(C)(C)CN)c1coc2ccccc12. The topological polar surface area (TPSA) is 42.4 Å². The van der Waals surface area contributed by atoms with Crippen molar-refractivity contribution in [2.45, 2.75) is 20.3 Å². The number of nitrogens with two attached hydrogens (primary N) is 1. The van der Waals surface area contributed by atoms with Crippen LogP contribution in [0.4, 0.5) is 5.69 Å². The number of hydrogen-bond donors (Lipinski definition) is 1. The molecule has 3 heteroatoms. The minimum Gasteiger partial charge on any atom is -0.462 e. The van der Waals surface area contributed by atoms with Crippen molar-refractivity contribution in [1.82, 2.24) is 0 Å². The zero-order chi connectivity index (χ0) is 13.2. The van der Waals surface area contributed by atoms with E-state index in [1.807, 2.05) is 24.5 Å². The minimum absolute atomic E-state index is 0.188. The Morgan fingerprint density at radius 3 is 2.72 bits per heavy atom. The Balaban J connectivity index is 2.12. The van der Waals surface area contributed by atoms with E-state index in [4.69, 9.17) is 10.2 Å². The van der Waals surface area contributed by atoms with Crippen molar-refractivity contribution in [1.29, 1.82) is 0 Å². The molecule has 0 aliphatic heterocycles. The van der Waals surface area contributed by atoms with Gasteiger partial charge in [-0.1, -0.05) is 26.0 Å². The van der Waals surface area contributed by atoms with Gasteiger partial charge in [-0.15, -0.1) is 0 Å². The van der Waals surface area contributed by atoms with Crippen LogP contribution in [0, 0.1) is 5.41 Å². The molecule has 1 aromatic heterocycles. The molecule has 1 aromatic carbocycles.